The van der Waals surface area contributed by atoms with Gasteiger partial charge >= 0.3 is 12.1 Å². The quantitative estimate of drug-likeness (QED) is 0.634. The van der Waals surface area contributed by atoms with Gasteiger partial charge in [0.1, 0.15) is 17.7 Å². The number of amides is 2. The Kier molecular flexibility index (Phi) is 5.21. The average Bonchev–Trinajstić information content (AvgIpc) is 3.48. The molecule has 0 saturated heterocycles. The number of hydrogen-bond acceptors (Lipinski definition) is 4. The van der Waals surface area contributed by atoms with Crippen LogP contribution in [0.4, 0.5) is 4.79 Å². The molecule has 0 bridgehead atoms. The third kappa shape index (κ3) is 3.76. The van der Waals surface area contributed by atoms with Crippen molar-refractivity contribution in [1.29, 1.82) is 0 Å². The van der Waals surface area contributed by atoms with Gasteiger partial charge in [0.05, 0.1) is 0 Å². The number of alkyl carbamates (subject to hydrolysis) is 1. The minimum Gasteiger partial charge on any atom is -0.480 e. The molecule has 162 valence electrons. The number of carbonyl (C=O) groups excluding carboxylic acids is 2. The zero-order valence-electron chi connectivity index (χ0n) is 17.6. The smallest absolute Gasteiger partial charge is 0.408 e. The fourth-order valence-electron chi connectivity index (χ4n) is 4.04. The number of ether oxygens (including phenoxy) is 1. The van der Waals surface area contributed by atoms with Gasteiger partial charge in [0, 0.05) is 5.92 Å². The van der Waals surface area contributed by atoms with Gasteiger partial charge < -0.3 is 20.5 Å². The van der Waals surface area contributed by atoms with Gasteiger partial charge in [0.25, 0.3) is 0 Å². The van der Waals surface area contributed by atoms with E-state index in [-0.39, 0.29) is 12.5 Å². The summed E-state index contributed by atoms with van der Waals surface area (Å²) in [5.41, 5.74) is 1.99. The van der Waals surface area contributed by atoms with Crippen LogP contribution in [0.25, 0.3) is 11.1 Å². The van der Waals surface area contributed by atoms with Crippen molar-refractivity contribution in [2.75, 3.05) is 6.61 Å². The van der Waals surface area contributed by atoms with Crippen LogP contribution in [0.2, 0.25) is 0 Å². The van der Waals surface area contributed by atoms with Gasteiger partial charge in [-0.05, 0) is 48.4 Å². The van der Waals surface area contributed by atoms with Crippen LogP contribution in [-0.2, 0) is 14.3 Å². The lowest BCUT2D eigenvalue weighted by molar-refractivity contribution is -0.144. The van der Waals surface area contributed by atoms with E-state index in [0.717, 1.165) is 22.3 Å². The summed E-state index contributed by atoms with van der Waals surface area (Å²) in [5.74, 6) is -1.66. The molecule has 1 fully saturated rings. The first-order valence-corrected chi connectivity index (χ1v) is 10.5. The highest BCUT2D eigenvalue weighted by Crippen LogP contribution is 2.44. The number of carboxylic acid groups (broad SMARTS) is 1. The number of benzene rings is 2. The highest BCUT2D eigenvalue weighted by molar-refractivity contribution is 5.95. The number of aliphatic carboxylic acids is 1. The predicted octanol–water partition coefficient (Wildman–Crippen LogP) is 3.43. The summed E-state index contributed by atoms with van der Waals surface area (Å²) in [6.45, 7) is 3.46. The summed E-state index contributed by atoms with van der Waals surface area (Å²) < 4.78 is 5.53. The van der Waals surface area contributed by atoms with Crippen LogP contribution in [0.1, 0.15) is 50.2 Å². The molecule has 1 saturated carbocycles. The van der Waals surface area contributed by atoms with Crippen LogP contribution in [0.3, 0.4) is 0 Å². The lowest BCUT2D eigenvalue weighted by atomic mass is 9.97. The largest absolute Gasteiger partial charge is 0.480 e. The summed E-state index contributed by atoms with van der Waals surface area (Å²) in [5, 5.41) is 14.5. The first-order valence-electron chi connectivity index (χ1n) is 10.5. The van der Waals surface area contributed by atoms with Crippen LogP contribution in [0.5, 0.6) is 0 Å². The molecule has 7 heteroatoms. The van der Waals surface area contributed by atoms with Crippen molar-refractivity contribution < 1.29 is 24.2 Å². The van der Waals surface area contributed by atoms with E-state index in [4.69, 9.17) is 4.74 Å². The standard InChI is InChI=1S/C24H26N2O5/c1-3-23(2,20(27)25-24(12-13-24)21(28)29)26-22(30)31-14-19-17-10-6-4-8-15(17)16-9-5-7-11-18(16)19/h4-11,19H,3,12-14H2,1-2H3,(H,25,27)(H,26,30)(H,28,29). The molecule has 2 aromatic rings. The second-order valence-corrected chi connectivity index (χ2v) is 8.48. The normalized spacial score (nSPS) is 17.6. The molecule has 1 atom stereocenters. The Morgan fingerprint density at radius 3 is 2.10 bits per heavy atom. The van der Waals surface area contributed by atoms with Crippen molar-refractivity contribution in [3.8, 4) is 11.1 Å². The van der Waals surface area contributed by atoms with E-state index in [9.17, 15) is 19.5 Å². The Hall–Kier alpha value is -3.35. The summed E-state index contributed by atoms with van der Waals surface area (Å²) >= 11 is 0. The van der Waals surface area contributed by atoms with Crippen LogP contribution in [-0.4, -0.2) is 40.8 Å². The summed E-state index contributed by atoms with van der Waals surface area (Å²) in [4.78, 5) is 36.7. The van der Waals surface area contributed by atoms with Crippen LogP contribution in [0.15, 0.2) is 48.5 Å². The number of hydrogen-bond donors (Lipinski definition) is 3. The Bertz CT molecular complexity index is 1000. The molecule has 31 heavy (non-hydrogen) atoms. The zero-order chi connectivity index (χ0) is 22.2. The van der Waals surface area contributed by atoms with Gasteiger partial charge in [0.2, 0.25) is 5.91 Å². The molecular weight excluding hydrogens is 396 g/mol. The van der Waals surface area contributed by atoms with Crippen molar-refractivity contribution in [1.82, 2.24) is 10.6 Å². The number of rotatable bonds is 7. The van der Waals surface area contributed by atoms with Gasteiger partial charge in [-0.25, -0.2) is 9.59 Å². The maximum Gasteiger partial charge on any atom is 0.408 e. The number of fused-ring (bicyclic) bond motifs is 3. The van der Waals surface area contributed by atoms with Gasteiger partial charge in [-0.15, -0.1) is 0 Å². The van der Waals surface area contributed by atoms with E-state index in [1.165, 1.54) is 0 Å². The van der Waals surface area contributed by atoms with E-state index < -0.39 is 29.0 Å². The first-order chi connectivity index (χ1) is 14.8. The Labute approximate surface area is 180 Å². The van der Waals surface area contributed by atoms with Gasteiger partial charge in [-0.2, -0.15) is 0 Å². The van der Waals surface area contributed by atoms with E-state index in [1.54, 1.807) is 13.8 Å². The highest BCUT2D eigenvalue weighted by atomic mass is 16.5. The van der Waals surface area contributed by atoms with Gasteiger partial charge in [0.15, 0.2) is 0 Å². The molecular formula is C24H26N2O5. The van der Waals surface area contributed by atoms with Crippen molar-refractivity contribution in [2.45, 2.75) is 50.1 Å². The molecule has 4 rings (SSSR count). The first kappa shape index (κ1) is 20.9. The number of carboxylic acids is 1. The topological polar surface area (TPSA) is 105 Å². The fraction of sp³-hybridized carbons (Fsp3) is 0.375. The Morgan fingerprint density at radius 2 is 1.61 bits per heavy atom. The SMILES string of the molecule is CCC(C)(NC(=O)OCC1c2ccccc2-c2ccccc21)C(=O)NC1(C(=O)O)CC1. The summed E-state index contributed by atoms with van der Waals surface area (Å²) in [6, 6.07) is 16.1. The molecule has 0 radical (unpaired) electrons. The molecule has 0 heterocycles. The monoisotopic (exact) mass is 422 g/mol. The van der Waals surface area contributed by atoms with Gasteiger partial charge in [-0.1, -0.05) is 55.5 Å². The number of nitrogens with one attached hydrogen (secondary N) is 2. The van der Waals surface area contributed by atoms with Crippen molar-refractivity contribution >= 4 is 18.0 Å². The zero-order valence-corrected chi connectivity index (χ0v) is 17.6. The van der Waals surface area contributed by atoms with E-state index in [2.05, 4.69) is 22.8 Å². The lowest BCUT2D eigenvalue weighted by Crippen LogP contribution is -2.60. The Morgan fingerprint density at radius 1 is 1.06 bits per heavy atom. The fourth-order valence-corrected chi connectivity index (χ4v) is 4.04. The number of carbonyl (C=O) groups is 3. The maximum atomic E-state index is 12.7. The van der Waals surface area contributed by atoms with Crippen LogP contribution in [0, 0.1) is 0 Å². The maximum absolute atomic E-state index is 12.7. The summed E-state index contributed by atoms with van der Waals surface area (Å²) in [6.07, 6.45) is 0.359. The van der Waals surface area contributed by atoms with Gasteiger partial charge in [-0.3, -0.25) is 4.79 Å². The molecule has 1 unspecified atom stereocenters. The third-order valence-corrected chi connectivity index (χ3v) is 6.44. The molecule has 2 aromatic carbocycles. The lowest BCUT2D eigenvalue weighted by Gasteiger charge is -2.29. The minimum atomic E-state index is -1.27. The molecule has 2 aliphatic rings. The van der Waals surface area contributed by atoms with E-state index >= 15 is 0 Å². The highest BCUT2D eigenvalue weighted by Gasteiger charge is 2.53. The molecule has 0 aliphatic heterocycles. The molecule has 0 spiro atoms. The van der Waals surface area contributed by atoms with Crippen molar-refractivity contribution in [2.24, 2.45) is 0 Å². The van der Waals surface area contributed by atoms with E-state index in [1.807, 2.05) is 36.4 Å². The molecule has 2 amide bonds. The van der Waals surface area contributed by atoms with Crippen molar-refractivity contribution in [3.05, 3.63) is 59.7 Å². The summed E-state index contributed by atoms with van der Waals surface area (Å²) in [7, 11) is 0. The van der Waals surface area contributed by atoms with Crippen molar-refractivity contribution in [3.63, 3.8) is 0 Å². The predicted molar refractivity (Wildman–Crippen MR) is 115 cm³/mol. The van der Waals surface area contributed by atoms with E-state index in [0.29, 0.717) is 19.3 Å². The second-order valence-electron chi connectivity index (χ2n) is 8.48. The molecule has 7 nitrogen and oxygen atoms in total. The third-order valence-electron chi connectivity index (χ3n) is 6.44. The molecule has 2 aliphatic carbocycles. The second kappa shape index (κ2) is 7.72. The minimum absolute atomic E-state index is 0.0818. The average molecular weight is 422 g/mol. The Balaban J connectivity index is 1.43. The molecule has 0 aromatic heterocycles. The molecule has 3 N–H and O–H groups in total. The van der Waals surface area contributed by atoms with Crippen LogP contribution < -0.4 is 10.6 Å². The van der Waals surface area contributed by atoms with Crippen LogP contribution >= 0.6 is 0 Å².